The lowest BCUT2D eigenvalue weighted by atomic mass is 10.1. The van der Waals surface area contributed by atoms with Crippen LogP contribution in [-0.4, -0.2) is 55.6 Å². The summed E-state index contributed by atoms with van der Waals surface area (Å²) in [6, 6.07) is 7.31. The van der Waals surface area contributed by atoms with Crippen LogP contribution in [0.1, 0.15) is 16.2 Å². The number of benzene rings is 1. The summed E-state index contributed by atoms with van der Waals surface area (Å²) in [7, 11) is 1.75. The lowest BCUT2D eigenvalue weighted by Gasteiger charge is -2.27. The molecule has 0 atom stereocenters. The number of carbonyl (C=O) groups is 1. The van der Waals surface area contributed by atoms with Crippen molar-refractivity contribution in [3.63, 3.8) is 0 Å². The van der Waals surface area contributed by atoms with Crippen LogP contribution in [0.4, 0.5) is 0 Å². The summed E-state index contributed by atoms with van der Waals surface area (Å²) in [6.07, 6.45) is 0. The van der Waals surface area contributed by atoms with Gasteiger partial charge in [-0.1, -0.05) is 12.1 Å². The topological polar surface area (TPSA) is 73.1 Å². The molecular formula is C14H17N5O2S. The van der Waals surface area contributed by atoms with E-state index < -0.39 is 0 Å². The molecule has 1 aliphatic rings. The number of nitrogens with zero attached hydrogens (tertiary/aromatic N) is 5. The van der Waals surface area contributed by atoms with E-state index in [0.717, 1.165) is 24.6 Å². The number of amides is 1. The van der Waals surface area contributed by atoms with Gasteiger partial charge in [0.05, 0.1) is 5.56 Å². The first-order valence-corrected chi connectivity index (χ1v) is 8.21. The van der Waals surface area contributed by atoms with Crippen molar-refractivity contribution < 1.29 is 9.53 Å². The zero-order chi connectivity index (χ0) is 15.4. The smallest absolute Gasteiger partial charge is 0.257 e. The predicted octanol–water partition coefficient (Wildman–Crippen LogP) is 0.978. The van der Waals surface area contributed by atoms with Crippen LogP contribution in [-0.2, 0) is 13.7 Å². The fourth-order valence-corrected chi connectivity index (χ4v) is 3.12. The Kier molecular flexibility index (Phi) is 4.57. The third kappa shape index (κ3) is 3.22. The second kappa shape index (κ2) is 6.78. The second-order valence-electron chi connectivity index (χ2n) is 4.91. The standard InChI is InChI=1S/C14H17N5O2S/c1-18-13(15-16-17-18)10-21-12-5-3-2-4-11(12)14(20)19-6-8-22-9-7-19/h2-5H,6-10H2,1H3. The van der Waals surface area contributed by atoms with E-state index in [2.05, 4.69) is 15.5 Å². The van der Waals surface area contributed by atoms with Crippen molar-refractivity contribution >= 4 is 17.7 Å². The van der Waals surface area contributed by atoms with Gasteiger partial charge >= 0.3 is 0 Å². The van der Waals surface area contributed by atoms with Crippen LogP contribution in [0.5, 0.6) is 5.75 Å². The van der Waals surface area contributed by atoms with Gasteiger partial charge in [-0.2, -0.15) is 11.8 Å². The SMILES string of the molecule is Cn1nnnc1COc1ccccc1C(=O)N1CCSCC1. The molecule has 0 aliphatic carbocycles. The molecule has 2 aromatic rings. The molecule has 1 aromatic heterocycles. The monoisotopic (exact) mass is 319 g/mol. The molecule has 1 aromatic carbocycles. The zero-order valence-corrected chi connectivity index (χ0v) is 13.1. The van der Waals surface area contributed by atoms with Crippen LogP contribution < -0.4 is 4.74 Å². The van der Waals surface area contributed by atoms with E-state index in [4.69, 9.17) is 4.74 Å². The Morgan fingerprint density at radius 1 is 1.32 bits per heavy atom. The Bertz CT molecular complexity index is 654. The van der Waals surface area contributed by atoms with E-state index in [1.54, 1.807) is 23.9 Å². The molecule has 8 heteroatoms. The summed E-state index contributed by atoms with van der Waals surface area (Å²) >= 11 is 1.88. The second-order valence-corrected chi connectivity index (χ2v) is 6.13. The summed E-state index contributed by atoms with van der Waals surface area (Å²) < 4.78 is 7.31. The van der Waals surface area contributed by atoms with E-state index in [1.807, 2.05) is 28.8 Å². The number of aryl methyl sites for hydroxylation is 1. The molecule has 1 aliphatic heterocycles. The average molecular weight is 319 g/mol. The summed E-state index contributed by atoms with van der Waals surface area (Å²) in [5.41, 5.74) is 0.588. The molecule has 1 saturated heterocycles. The molecule has 0 unspecified atom stereocenters. The highest BCUT2D eigenvalue weighted by molar-refractivity contribution is 7.99. The van der Waals surface area contributed by atoms with Gasteiger partial charge in [-0.25, -0.2) is 4.68 Å². The van der Waals surface area contributed by atoms with Crippen molar-refractivity contribution in [3.05, 3.63) is 35.7 Å². The first-order chi connectivity index (χ1) is 10.8. The average Bonchev–Trinajstić information content (AvgIpc) is 2.98. The van der Waals surface area contributed by atoms with E-state index in [0.29, 0.717) is 17.1 Å². The number of hydrogen-bond acceptors (Lipinski definition) is 6. The molecule has 0 N–H and O–H groups in total. The Labute approximate surface area is 132 Å². The van der Waals surface area contributed by atoms with E-state index in [1.165, 1.54) is 0 Å². The Balaban J connectivity index is 1.74. The summed E-state index contributed by atoms with van der Waals surface area (Å²) in [6.45, 7) is 1.79. The fraction of sp³-hybridized carbons (Fsp3) is 0.429. The normalized spacial score (nSPS) is 14.9. The van der Waals surface area contributed by atoms with Gasteiger partial charge < -0.3 is 9.64 Å². The number of carbonyl (C=O) groups excluding carboxylic acids is 1. The van der Waals surface area contributed by atoms with Gasteiger partial charge in [0.15, 0.2) is 5.82 Å². The molecule has 0 bridgehead atoms. The van der Waals surface area contributed by atoms with Crippen molar-refractivity contribution in [2.45, 2.75) is 6.61 Å². The maximum Gasteiger partial charge on any atom is 0.257 e. The van der Waals surface area contributed by atoms with Crippen LogP contribution in [0, 0.1) is 0 Å². The number of hydrogen-bond donors (Lipinski definition) is 0. The van der Waals surface area contributed by atoms with Gasteiger partial charge in [-0.15, -0.1) is 5.10 Å². The maximum atomic E-state index is 12.6. The predicted molar refractivity (Wildman–Crippen MR) is 82.8 cm³/mol. The maximum absolute atomic E-state index is 12.6. The van der Waals surface area contributed by atoms with Crippen molar-refractivity contribution in [2.24, 2.45) is 7.05 Å². The van der Waals surface area contributed by atoms with Crippen molar-refractivity contribution in [3.8, 4) is 5.75 Å². The molecular weight excluding hydrogens is 302 g/mol. The zero-order valence-electron chi connectivity index (χ0n) is 12.3. The lowest BCUT2D eigenvalue weighted by Crippen LogP contribution is -2.38. The Morgan fingerprint density at radius 2 is 2.09 bits per heavy atom. The van der Waals surface area contributed by atoms with Gasteiger partial charge in [0.2, 0.25) is 0 Å². The minimum Gasteiger partial charge on any atom is -0.485 e. The van der Waals surface area contributed by atoms with Crippen molar-refractivity contribution in [1.82, 2.24) is 25.1 Å². The molecule has 7 nitrogen and oxygen atoms in total. The van der Waals surface area contributed by atoms with Crippen molar-refractivity contribution in [2.75, 3.05) is 24.6 Å². The first-order valence-electron chi connectivity index (χ1n) is 7.06. The van der Waals surface area contributed by atoms with Gasteiger partial charge in [-0.3, -0.25) is 4.79 Å². The van der Waals surface area contributed by atoms with Crippen molar-refractivity contribution in [1.29, 1.82) is 0 Å². The molecule has 1 fully saturated rings. The third-order valence-electron chi connectivity index (χ3n) is 3.48. The van der Waals surface area contributed by atoms with Crippen LogP contribution in [0.3, 0.4) is 0 Å². The van der Waals surface area contributed by atoms with E-state index in [9.17, 15) is 4.79 Å². The summed E-state index contributed by atoms with van der Waals surface area (Å²) in [5.74, 6) is 3.16. The number of tetrazole rings is 1. The highest BCUT2D eigenvalue weighted by Gasteiger charge is 2.21. The number of ether oxygens (including phenoxy) is 1. The quantitative estimate of drug-likeness (QED) is 0.836. The number of aromatic nitrogens is 4. The molecule has 22 heavy (non-hydrogen) atoms. The molecule has 116 valence electrons. The lowest BCUT2D eigenvalue weighted by molar-refractivity contribution is 0.0767. The van der Waals surface area contributed by atoms with Gasteiger partial charge in [0.25, 0.3) is 5.91 Å². The number of rotatable bonds is 4. The van der Waals surface area contributed by atoms with E-state index >= 15 is 0 Å². The highest BCUT2D eigenvalue weighted by Crippen LogP contribution is 2.22. The molecule has 1 amide bonds. The number of thioether (sulfide) groups is 1. The largest absolute Gasteiger partial charge is 0.485 e. The van der Waals surface area contributed by atoms with Crippen LogP contribution >= 0.6 is 11.8 Å². The summed E-state index contributed by atoms with van der Waals surface area (Å²) in [4.78, 5) is 14.5. The number of para-hydroxylation sites is 1. The molecule has 0 saturated carbocycles. The van der Waals surface area contributed by atoms with Gasteiger partial charge in [-0.05, 0) is 22.6 Å². The van der Waals surface area contributed by atoms with Gasteiger partial charge in [0, 0.05) is 31.6 Å². The first kappa shape index (κ1) is 14.8. The fourth-order valence-electron chi connectivity index (χ4n) is 2.22. The van der Waals surface area contributed by atoms with Crippen LogP contribution in [0.25, 0.3) is 0 Å². The van der Waals surface area contributed by atoms with E-state index in [-0.39, 0.29) is 12.5 Å². The molecule has 3 rings (SSSR count). The van der Waals surface area contributed by atoms with Crippen LogP contribution in [0.15, 0.2) is 24.3 Å². The Morgan fingerprint density at radius 3 is 2.82 bits per heavy atom. The molecule has 0 radical (unpaired) electrons. The van der Waals surface area contributed by atoms with Gasteiger partial charge in [0.1, 0.15) is 12.4 Å². The highest BCUT2D eigenvalue weighted by atomic mass is 32.2. The minimum absolute atomic E-state index is 0.0204. The molecule has 0 spiro atoms. The summed E-state index contributed by atoms with van der Waals surface area (Å²) in [5, 5.41) is 11.2. The molecule has 2 heterocycles. The third-order valence-corrected chi connectivity index (χ3v) is 4.42. The minimum atomic E-state index is 0.0204. The van der Waals surface area contributed by atoms with Crippen LogP contribution in [0.2, 0.25) is 0 Å². The Hall–Kier alpha value is -2.09.